The van der Waals surface area contributed by atoms with Gasteiger partial charge in [0, 0.05) is 4.90 Å². The van der Waals surface area contributed by atoms with Gasteiger partial charge >= 0.3 is 5.97 Å². The zero-order valence-electron chi connectivity index (χ0n) is 10.1. The smallest absolute Gasteiger partial charge is 0.336 e. The summed E-state index contributed by atoms with van der Waals surface area (Å²) in [5, 5.41) is 12.3. The van der Waals surface area contributed by atoms with Gasteiger partial charge in [0.2, 0.25) is 0 Å². The molecule has 4 heteroatoms. The van der Waals surface area contributed by atoms with Crippen LogP contribution >= 0.6 is 11.8 Å². The highest BCUT2D eigenvalue weighted by molar-refractivity contribution is 7.99. The largest absolute Gasteiger partial charge is 0.478 e. The third kappa shape index (κ3) is 5.24. The Morgan fingerprint density at radius 2 is 2.12 bits per heavy atom. The van der Waals surface area contributed by atoms with Crippen LogP contribution in [0.4, 0.5) is 0 Å². The van der Waals surface area contributed by atoms with Gasteiger partial charge in [-0.15, -0.1) is 11.8 Å². The molecule has 0 bridgehead atoms. The Kier molecular flexibility index (Phi) is 6.74. The van der Waals surface area contributed by atoms with Crippen molar-refractivity contribution in [2.45, 2.75) is 24.7 Å². The quantitative estimate of drug-likeness (QED) is 0.552. The first-order chi connectivity index (χ1) is 8.25. The lowest BCUT2D eigenvalue weighted by atomic mass is 10.2. The molecule has 0 aromatic heterocycles. The van der Waals surface area contributed by atoms with Gasteiger partial charge in [0.25, 0.3) is 0 Å². The fourth-order valence-corrected chi connectivity index (χ4v) is 2.44. The van der Waals surface area contributed by atoms with Gasteiger partial charge < -0.3 is 10.4 Å². The number of aromatic carboxylic acids is 1. The van der Waals surface area contributed by atoms with Crippen LogP contribution in [0.5, 0.6) is 0 Å². The monoisotopic (exact) mass is 253 g/mol. The molecule has 0 fully saturated rings. The molecule has 0 saturated carbocycles. The molecule has 1 rings (SSSR count). The number of carboxylic acid groups (broad SMARTS) is 1. The molecule has 17 heavy (non-hydrogen) atoms. The van der Waals surface area contributed by atoms with Gasteiger partial charge in [-0.3, -0.25) is 0 Å². The predicted molar refractivity (Wildman–Crippen MR) is 71.9 cm³/mol. The highest BCUT2D eigenvalue weighted by atomic mass is 32.2. The average molecular weight is 253 g/mol. The van der Waals surface area contributed by atoms with E-state index in [9.17, 15) is 4.79 Å². The lowest BCUT2D eigenvalue weighted by Gasteiger charge is -2.06. The summed E-state index contributed by atoms with van der Waals surface area (Å²) >= 11 is 1.61. The second-order valence-corrected chi connectivity index (χ2v) is 4.89. The molecule has 0 aliphatic carbocycles. The molecule has 1 aromatic rings. The normalized spacial score (nSPS) is 10.4. The summed E-state index contributed by atoms with van der Waals surface area (Å²) in [6.45, 7) is 4.19. The Balaban J connectivity index is 2.34. The fraction of sp³-hybridized carbons (Fsp3) is 0.462. The highest BCUT2D eigenvalue weighted by Gasteiger charge is 2.08. The summed E-state index contributed by atoms with van der Waals surface area (Å²) in [6, 6.07) is 7.16. The van der Waals surface area contributed by atoms with Gasteiger partial charge in [0.05, 0.1) is 5.56 Å². The standard InChI is InChI=1S/C13H19NO2S/c1-2-8-14-9-5-10-17-12-7-4-3-6-11(12)13(15)16/h3-4,6-7,14H,2,5,8-10H2,1H3,(H,15,16). The molecule has 0 atom stereocenters. The van der Waals surface area contributed by atoms with Crippen LogP contribution in [0.15, 0.2) is 29.2 Å². The van der Waals surface area contributed by atoms with Crippen LogP contribution in [-0.2, 0) is 0 Å². The number of benzene rings is 1. The van der Waals surface area contributed by atoms with E-state index in [4.69, 9.17) is 5.11 Å². The Morgan fingerprint density at radius 3 is 2.82 bits per heavy atom. The molecule has 0 aliphatic rings. The van der Waals surface area contributed by atoms with Gasteiger partial charge in [-0.05, 0) is 43.8 Å². The Hall–Kier alpha value is -1.00. The number of thioether (sulfide) groups is 1. The van der Waals surface area contributed by atoms with E-state index in [0.29, 0.717) is 5.56 Å². The molecule has 2 N–H and O–H groups in total. The summed E-state index contributed by atoms with van der Waals surface area (Å²) in [7, 11) is 0. The number of nitrogens with one attached hydrogen (secondary N) is 1. The fourth-order valence-electron chi connectivity index (χ4n) is 1.45. The summed E-state index contributed by atoms with van der Waals surface area (Å²) < 4.78 is 0. The number of hydrogen-bond acceptors (Lipinski definition) is 3. The first-order valence-corrected chi connectivity index (χ1v) is 6.90. The minimum Gasteiger partial charge on any atom is -0.478 e. The maximum Gasteiger partial charge on any atom is 0.336 e. The molecular weight excluding hydrogens is 234 g/mol. The lowest BCUT2D eigenvalue weighted by molar-refractivity contribution is 0.0693. The van der Waals surface area contributed by atoms with Gasteiger partial charge in [-0.25, -0.2) is 4.79 Å². The SMILES string of the molecule is CCCNCCCSc1ccccc1C(=O)O. The average Bonchev–Trinajstić information content (AvgIpc) is 2.34. The predicted octanol–water partition coefficient (Wildman–Crippen LogP) is 2.87. The van der Waals surface area contributed by atoms with Crippen molar-refractivity contribution in [3.63, 3.8) is 0 Å². The van der Waals surface area contributed by atoms with Crippen molar-refractivity contribution in [2.24, 2.45) is 0 Å². The van der Waals surface area contributed by atoms with Gasteiger partial charge in [-0.2, -0.15) is 0 Å². The van der Waals surface area contributed by atoms with E-state index in [1.54, 1.807) is 23.9 Å². The van der Waals surface area contributed by atoms with Gasteiger partial charge in [0.1, 0.15) is 0 Å². The highest BCUT2D eigenvalue weighted by Crippen LogP contribution is 2.22. The van der Waals surface area contributed by atoms with Crippen molar-refractivity contribution < 1.29 is 9.90 Å². The molecule has 0 radical (unpaired) electrons. The van der Waals surface area contributed by atoms with E-state index in [-0.39, 0.29) is 0 Å². The third-order valence-electron chi connectivity index (χ3n) is 2.30. The van der Waals surface area contributed by atoms with Crippen molar-refractivity contribution in [2.75, 3.05) is 18.8 Å². The topological polar surface area (TPSA) is 49.3 Å². The summed E-state index contributed by atoms with van der Waals surface area (Å²) in [5.41, 5.74) is 0.402. The zero-order valence-corrected chi connectivity index (χ0v) is 10.9. The minimum absolute atomic E-state index is 0.402. The zero-order chi connectivity index (χ0) is 12.5. The Labute approximate surface area is 107 Å². The van der Waals surface area contributed by atoms with Crippen molar-refractivity contribution in [3.8, 4) is 0 Å². The number of carboxylic acids is 1. The molecule has 0 aliphatic heterocycles. The number of hydrogen-bond donors (Lipinski definition) is 2. The molecule has 0 saturated heterocycles. The molecular formula is C13H19NO2S. The summed E-state index contributed by atoms with van der Waals surface area (Å²) in [6.07, 6.45) is 2.20. The van der Waals surface area contributed by atoms with E-state index in [2.05, 4.69) is 12.2 Å². The summed E-state index contributed by atoms with van der Waals surface area (Å²) in [4.78, 5) is 11.8. The molecule has 0 heterocycles. The first-order valence-electron chi connectivity index (χ1n) is 5.91. The molecule has 0 unspecified atom stereocenters. The lowest BCUT2D eigenvalue weighted by Crippen LogP contribution is -2.16. The van der Waals surface area contributed by atoms with E-state index in [0.717, 1.165) is 36.6 Å². The third-order valence-corrected chi connectivity index (χ3v) is 3.46. The molecule has 0 spiro atoms. The van der Waals surface area contributed by atoms with Crippen molar-refractivity contribution in [1.82, 2.24) is 5.32 Å². The van der Waals surface area contributed by atoms with E-state index in [1.807, 2.05) is 12.1 Å². The van der Waals surface area contributed by atoms with Crippen LogP contribution in [0.3, 0.4) is 0 Å². The van der Waals surface area contributed by atoms with E-state index >= 15 is 0 Å². The molecule has 3 nitrogen and oxygen atoms in total. The van der Waals surface area contributed by atoms with Gasteiger partial charge in [0.15, 0.2) is 0 Å². The van der Waals surface area contributed by atoms with Crippen LogP contribution in [0, 0.1) is 0 Å². The second kappa shape index (κ2) is 8.14. The first kappa shape index (κ1) is 14.1. The molecule has 1 aromatic carbocycles. The van der Waals surface area contributed by atoms with Crippen LogP contribution in [-0.4, -0.2) is 29.9 Å². The van der Waals surface area contributed by atoms with Crippen LogP contribution in [0.25, 0.3) is 0 Å². The van der Waals surface area contributed by atoms with Crippen LogP contribution in [0.2, 0.25) is 0 Å². The van der Waals surface area contributed by atoms with Gasteiger partial charge in [-0.1, -0.05) is 19.1 Å². The summed E-state index contributed by atoms with van der Waals surface area (Å²) in [5.74, 6) is 0.0956. The minimum atomic E-state index is -0.850. The Morgan fingerprint density at radius 1 is 1.35 bits per heavy atom. The number of rotatable bonds is 8. The maximum absolute atomic E-state index is 11.0. The van der Waals surface area contributed by atoms with Crippen molar-refractivity contribution in [1.29, 1.82) is 0 Å². The van der Waals surface area contributed by atoms with E-state index < -0.39 is 5.97 Å². The van der Waals surface area contributed by atoms with Crippen molar-refractivity contribution in [3.05, 3.63) is 29.8 Å². The Bertz CT molecular complexity index is 355. The van der Waals surface area contributed by atoms with E-state index in [1.165, 1.54) is 0 Å². The number of carbonyl (C=O) groups is 1. The van der Waals surface area contributed by atoms with Crippen LogP contribution in [0.1, 0.15) is 30.1 Å². The van der Waals surface area contributed by atoms with Crippen LogP contribution < -0.4 is 5.32 Å². The second-order valence-electron chi connectivity index (χ2n) is 3.75. The van der Waals surface area contributed by atoms with Crippen molar-refractivity contribution >= 4 is 17.7 Å². The molecule has 0 amide bonds. The molecule has 94 valence electrons. The maximum atomic E-state index is 11.0.